The number of carbonyl (C=O) groups excluding carboxylic acids is 1. The quantitative estimate of drug-likeness (QED) is 0.792. The summed E-state index contributed by atoms with van der Waals surface area (Å²) in [5.74, 6) is 0.687. The van der Waals surface area contributed by atoms with Crippen LogP contribution in [0.5, 0.6) is 0 Å². The van der Waals surface area contributed by atoms with Crippen molar-refractivity contribution in [1.82, 2.24) is 9.88 Å². The van der Waals surface area contributed by atoms with Crippen LogP contribution in [-0.2, 0) is 7.05 Å². The number of rotatable bonds is 3. The highest BCUT2D eigenvalue weighted by atomic mass is 79.9. The molecule has 22 heavy (non-hydrogen) atoms. The van der Waals surface area contributed by atoms with Crippen molar-refractivity contribution in [2.24, 2.45) is 13.0 Å². The van der Waals surface area contributed by atoms with Gasteiger partial charge in [-0.25, -0.2) is 0 Å². The molecule has 2 aromatic rings. The molecule has 1 N–H and O–H groups in total. The van der Waals surface area contributed by atoms with Crippen molar-refractivity contribution in [3.8, 4) is 0 Å². The minimum absolute atomic E-state index is 0.0433. The molecule has 1 aromatic heterocycles. The van der Waals surface area contributed by atoms with Gasteiger partial charge in [-0.05, 0) is 30.9 Å². The van der Waals surface area contributed by atoms with Gasteiger partial charge in [0.25, 0.3) is 5.91 Å². The molecule has 1 fully saturated rings. The molecule has 1 aliphatic carbocycles. The first kappa shape index (κ1) is 15.6. The van der Waals surface area contributed by atoms with Gasteiger partial charge in [0.2, 0.25) is 0 Å². The Labute approximate surface area is 140 Å². The van der Waals surface area contributed by atoms with Gasteiger partial charge in [-0.2, -0.15) is 0 Å². The summed E-state index contributed by atoms with van der Waals surface area (Å²) in [5.41, 5.74) is 1.84. The minimum Gasteiger partial charge on any atom is -0.352 e. The van der Waals surface area contributed by atoms with Gasteiger partial charge in [0.05, 0.1) is 5.56 Å². The van der Waals surface area contributed by atoms with Crippen molar-refractivity contribution in [2.45, 2.75) is 38.5 Å². The molecular formula is C18H23BrN2O. The second-order valence-electron chi connectivity index (χ2n) is 6.36. The van der Waals surface area contributed by atoms with E-state index in [4.69, 9.17) is 0 Å². The van der Waals surface area contributed by atoms with Crippen LogP contribution < -0.4 is 5.32 Å². The number of benzene rings is 1. The molecule has 118 valence electrons. The number of aryl methyl sites for hydroxylation is 1. The van der Waals surface area contributed by atoms with E-state index < -0.39 is 0 Å². The highest BCUT2D eigenvalue weighted by molar-refractivity contribution is 9.10. The molecule has 1 aliphatic rings. The van der Waals surface area contributed by atoms with Crippen molar-refractivity contribution in [1.29, 1.82) is 0 Å². The van der Waals surface area contributed by atoms with Crippen LogP contribution in [0.1, 0.15) is 48.9 Å². The number of halogens is 1. The smallest absolute Gasteiger partial charge is 0.253 e. The largest absolute Gasteiger partial charge is 0.352 e. The van der Waals surface area contributed by atoms with E-state index in [0.29, 0.717) is 5.92 Å². The second-order valence-corrected chi connectivity index (χ2v) is 7.21. The summed E-state index contributed by atoms with van der Waals surface area (Å²) >= 11 is 3.57. The first-order valence-electron chi connectivity index (χ1n) is 8.18. The molecule has 1 saturated carbocycles. The zero-order valence-corrected chi connectivity index (χ0v) is 14.7. The Bertz CT molecular complexity index is 669. The Balaban J connectivity index is 1.75. The van der Waals surface area contributed by atoms with Crippen molar-refractivity contribution in [3.05, 3.63) is 34.4 Å². The van der Waals surface area contributed by atoms with Crippen LogP contribution in [0.3, 0.4) is 0 Å². The third kappa shape index (κ3) is 3.22. The highest BCUT2D eigenvalue weighted by Crippen LogP contribution is 2.28. The summed E-state index contributed by atoms with van der Waals surface area (Å²) in [4.78, 5) is 12.6. The summed E-state index contributed by atoms with van der Waals surface area (Å²) < 4.78 is 2.99. The van der Waals surface area contributed by atoms with Gasteiger partial charge in [0.15, 0.2) is 0 Å². The minimum atomic E-state index is 0.0433. The fourth-order valence-corrected chi connectivity index (χ4v) is 4.04. The van der Waals surface area contributed by atoms with Crippen molar-refractivity contribution < 1.29 is 4.79 Å². The standard InChI is InChI=1S/C18H23BrN2O/c1-21-12-14(17-15(19)9-6-10-16(17)21)18(22)20-11-13-7-4-2-3-5-8-13/h6,9-10,12-13H,2-5,7-8,11H2,1H3,(H,20,22). The predicted octanol–water partition coefficient (Wildman–Crippen LogP) is 4.64. The number of hydrogen-bond acceptors (Lipinski definition) is 1. The van der Waals surface area contributed by atoms with E-state index >= 15 is 0 Å². The fourth-order valence-electron chi connectivity index (χ4n) is 3.47. The number of fused-ring (bicyclic) bond motifs is 1. The average molecular weight is 363 g/mol. The first-order chi connectivity index (χ1) is 10.7. The lowest BCUT2D eigenvalue weighted by Crippen LogP contribution is -2.29. The summed E-state index contributed by atoms with van der Waals surface area (Å²) in [6.07, 6.45) is 9.74. The first-order valence-corrected chi connectivity index (χ1v) is 8.98. The Hall–Kier alpha value is -1.29. The van der Waals surface area contributed by atoms with Crippen molar-refractivity contribution in [3.63, 3.8) is 0 Å². The molecular weight excluding hydrogens is 340 g/mol. The Kier molecular flexibility index (Phi) is 4.87. The van der Waals surface area contributed by atoms with Gasteiger partial charge in [0.1, 0.15) is 0 Å². The number of nitrogens with one attached hydrogen (secondary N) is 1. The zero-order chi connectivity index (χ0) is 15.5. The number of amides is 1. The van der Waals surface area contributed by atoms with E-state index in [-0.39, 0.29) is 5.91 Å². The second kappa shape index (κ2) is 6.86. The van der Waals surface area contributed by atoms with E-state index in [1.807, 2.05) is 36.0 Å². The maximum absolute atomic E-state index is 12.6. The van der Waals surface area contributed by atoms with E-state index in [9.17, 15) is 4.79 Å². The van der Waals surface area contributed by atoms with Gasteiger partial charge >= 0.3 is 0 Å². The van der Waals surface area contributed by atoms with Crippen molar-refractivity contribution in [2.75, 3.05) is 6.54 Å². The molecule has 1 heterocycles. The van der Waals surface area contributed by atoms with Crippen LogP contribution in [0.15, 0.2) is 28.9 Å². The summed E-state index contributed by atoms with van der Waals surface area (Å²) in [7, 11) is 1.98. The van der Waals surface area contributed by atoms with Crippen LogP contribution >= 0.6 is 15.9 Å². The van der Waals surface area contributed by atoms with Gasteiger partial charge < -0.3 is 9.88 Å². The molecule has 1 amide bonds. The molecule has 0 spiro atoms. The Morgan fingerprint density at radius 1 is 1.27 bits per heavy atom. The lowest BCUT2D eigenvalue weighted by Gasteiger charge is -2.14. The molecule has 1 aromatic carbocycles. The van der Waals surface area contributed by atoms with E-state index in [0.717, 1.165) is 27.5 Å². The molecule has 3 nitrogen and oxygen atoms in total. The molecule has 0 bridgehead atoms. The van der Waals surface area contributed by atoms with Crippen LogP contribution in [0.2, 0.25) is 0 Å². The highest BCUT2D eigenvalue weighted by Gasteiger charge is 2.18. The van der Waals surface area contributed by atoms with Crippen LogP contribution in [0.4, 0.5) is 0 Å². The molecule has 0 aliphatic heterocycles. The monoisotopic (exact) mass is 362 g/mol. The van der Waals surface area contributed by atoms with Gasteiger partial charge in [-0.1, -0.05) is 47.7 Å². The third-order valence-corrected chi connectivity index (χ3v) is 5.40. The zero-order valence-electron chi connectivity index (χ0n) is 13.1. The molecule has 0 radical (unpaired) electrons. The van der Waals surface area contributed by atoms with Crippen molar-refractivity contribution >= 4 is 32.7 Å². The number of aromatic nitrogens is 1. The van der Waals surface area contributed by atoms with E-state index in [1.165, 1.54) is 38.5 Å². The fraction of sp³-hybridized carbons (Fsp3) is 0.500. The molecule has 0 atom stereocenters. The molecule has 4 heteroatoms. The molecule has 0 saturated heterocycles. The topological polar surface area (TPSA) is 34.0 Å². The molecule has 3 rings (SSSR count). The van der Waals surface area contributed by atoms with Gasteiger partial charge in [-0.3, -0.25) is 4.79 Å². The average Bonchev–Trinajstić information content (AvgIpc) is 2.70. The van der Waals surface area contributed by atoms with Crippen LogP contribution in [0.25, 0.3) is 10.9 Å². The molecule has 0 unspecified atom stereocenters. The van der Waals surface area contributed by atoms with E-state index in [1.54, 1.807) is 0 Å². The normalized spacial score (nSPS) is 16.6. The van der Waals surface area contributed by atoms with Crippen LogP contribution in [-0.4, -0.2) is 17.0 Å². The van der Waals surface area contributed by atoms with Crippen LogP contribution in [0, 0.1) is 5.92 Å². The third-order valence-electron chi connectivity index (χ3n) is 4.73. The van der Waals surface area contributed by atoms with E-state index in [2.05, 4.69) is 21.2 Å². The lowest BCUT2D eigenvalue weighted by molar-refractivity contribution is 0.0947. The number of hydrogen-bond donors (Lipinski definition) is 1. The lowest BCUT2D eigenvalue weighted by atomic mass is 10.0. The van der Waals surface area contributed by atoms with Gasteiger partial charge in [0, 0.05) is 35.2 Å². The SMILES string of the molecule is Cn1cc(C(=O)NCC2CCCCCC2)c2c(Br)cccc21. The van der Waals surface area contributed by atoms with Gasteiger partial charge in [-0.15, -0.1) is 0 Å². The maximum Gasteiger partial charge on any atom is 0.253 e. The Morgan fingerprint density at radius 2 is 2.00 bits per heavy atom. The number of nitrogens with zero attached hydrogens (tertiary/aromatic N) is 1. The maximum atomic E-state index is 12.6. The number of carbonyl (C=O) groups is 1. The summed E-state index contributed by atoms with van der Waals surface area (Å²) in [6, 6.07) is 6.03. The summed E-state index contributed by atoms with van der Waals surface area (Å²) in [6.45, 7) is 0.805. The summed E-state index contributed by atoms with van der Waals surface area (Å²) in [5, 5.41) is 4.16. The Morgan fingerprint density at radius 3 is 2.73 bits per heavy atom. The predicted molar refractivity (Wildman–Crippen MR) is 94.1 cm³/mol.